The number of nitrogens with two attached hydrogens (primary N) is 1. The highest BCUT2D eigenvalue weighted by molar-refractivity contribution is 7.89. The number of aryl methyl sites for hydroxylation is 1. The largest absolute Gasteiger partial charge is 0.464 e. The van der Waals surface area contributed by atoms with Gasteiger partial charge >= 0.3 is 0 Å². The van der Waals surface area contributed by atoms with Gasteiger partial charge in [-0.15, -0.1) is 0 Å². The molecule has 1 aliphatic carbocycles. The lowest BCUT2D eigenvalue weighted by atomic mass is 9.98. The fourth-order valence-corrected chi connectivity index (χ4v) is 4.25. The van der Waals surface area contributed by atoms with Crippen LogP contribution in [-0.4, -0.2) is 14.5 Å². The molecule has 1 heterocycles. The summed E-state index contributed by atoms with van der Waals surface area (Å²) in [6.07, 6.45) is 1.95. The van der Waals surface area contributed by atoms with Gasteiger partial charge in [-0.05, 0) is 31.6 Å². The molecule has 0 aliphatic heterocycles. The average molecular weight is 286 g/mol. The van der Waals surface area contributed by atoms with Gasteiger partial charge in [0.25, 0.3) is 0 Å². The van der Waals surface area contributed by atoms with Crippen LogP contribution in [0, 0.1) is 18.8 Å². The van der Waals surface area contributed by atoms with Gasteiger partial charge in [0.15, 0.2) is 0 Å². The van der Waals surface area contributed by atoms with Gasteiger partial charge < -0.3 is 10.2 Å². The second-order valence-corrected chi connectivity index (χ2v) is 7.16. The topological polar surface area (TPSA) is 85.3 Å². The van der Waals surface area contributed by atoms with Gasteiger partial charge in [-0.2, -0.15) is 0 Å². The molecule has 1 aromatic rings. The third kappa shape index (κ3) is 2.85. The summed E-state index contributed by atoms with van der Waals surface area (Å²) >= 11 is 0. The van der Waals surface area contributed by atoms with Crippen LogP contribution in [0.4, 0.5) is 0 Å². The monoisotopic (exact) mass is 286 g/mol. The second-order valence-electron chi connectivity index (χ2n) is 5.48. The Morgan fingerprint density at radius 2 is 2.11 bits per heavy atom. The molecule has 3 atom stereocenters. The standard InChI is InChI=1S/C13H22N2O3S/c1-8-4-5-12(9(8)2)15-19(16,17)13-6-11(7-14)18-10(13)3/h6,8-9,12,15H,4-5,7,14H2,1-3H3. The highest BCUT2D eigenvalue weighted by Gasteiger charge is 2.34. The molecule has 1 aliphatic rings. The van der Waals surface area contributed by atoms with Gasteiger partial charge in [-0.3, -0.25) is 0 Å². The van der Waals surface area contributed by atoms with E-state index in [4.69, 9.17) is 10.2 Å². The molecule has 6 heteroatoms. The van der Waals surface area contributed by atoms with Crippen molar-refractivity contribution in [3.63, 3.8) is 0 Å². The summed E-state index contributed by atoms with van der Waals surface area (Å²) in [5, 5.41) is 0. The molecule has 0 spiro atoms. The first-order valence-corrected chi connectivity index (χ1v) is 8.15. The molecular weight excluding hydrogens is 264 g/mol. The molecule has 3 N–H and O–H groups in total. The maximum absolute atomic E-state index is 12.4. The van der Waals surface area contributed by atoms with Crippen molar-refractivity contribution < 1.29 is 12.8 Å². The van der Waals surface area contributed by atoms with Crippen LogP contribution < -0.4 is 10.5 Å². The minimum absolute atomic E-state index is 0.00984. The molecule has 1 saturated carbocycles. The predicted octanol–water partition coefficient (Wildman–Crippen LogP) is 1.76. The Labute approximate surface area is 114 Å². The fourth-order valence-electron chi connectivity index (χ4n) is 2.69. The Balaban J connectivity index is 2.20. The van der Waals surface area contributed by atoms with E-state index in [1.165, 1.54) is 6.07 Å². The van der Waals surface area contributed by atoms with E-state index in [-0.39, 0.29) is 17.5 Å². The second kappa shape index (κ2) is 5.26. The minimum Gasteiger partial charge on any atom is -0.464 e. The van der Waals surface area contributed by atoms with E-state index < -0.39 is 10.0 Å². The third-order valence-electron chi connectivity index (χ3n) is 4.19. The van der Waals surface area contributed by atoms with Crippen LogP contribution in [0.2, 0.25) is 0 Å². The Bertz CT molecular complexity index is 550. The number of furan rings is 1. The molecule has 0 bridgehead atoms. The molecule has 19 heavy (non-hydrogen) atoms. The summed E-state index contributed by atoms with van der Waals surface area (Å²) in [6, 6.07) is 1.52. The normalized spacial score (nSPS) is 27.9. The van der Waals surface area contributed by atoms with Crippen LogP contribution in [-0.2, 0) is 16.6 Å². The van der Waals surface area contributed by atoms with Crippen molar-refractivity contribution in [2.24, 2.45) is 17.6 Å². The summed E-state index contributed by atoms with van der Waals surface area (Å²) < 4.78 is 32.9. The first-order valence-electron chi connectivity index (χ1n) is 6.67. The number of sulfonamides is 1. The highest BCUT2D eigenvalue weighted by atomic mass is 32.2. The predicted molar refractivity (Wildman–Crippen MR) is 73.0 cm³/mol. The molecule has 0 radical (unpaired) electrons. The molecule has 0 aromatic carbocycles. The van der Waals surface area contributed by atoms with Crippen LogP contribution >= 0.6 is 0 Å². The first-order chi connectivity index (χ1) is 8.85. The summed E-state index contributed by atoms with van der Waals surface area (Å²) in [7, 11) is -3.52. The van der Waals surface area contributed by atoms with E-state index >= 15 is 0 Å². The number of hydrogen-bond donors (Lipinski definition) is 2. The number of rotatable bonds is 4. The molecule has 2 rings (SSSR count). The molecule has 5 nitrogen and oxygen atoms in total. The molecule has 0 saturated heterocycles. The van der Waals surface area contributed by atoms with Crippen LogP contribution in [0.1, 0.15) is 38.2 Å². The van der Waals surface area contributed by atoms with E-state index in [0.29, 0.717) is 23.4 Å². The van der Waals surface area contributed by atoms with Gasteiger partial charge in [0.1, 0.15) is 16.4 Å². The van der Waals surface area contributed by atoms with E-state index in [0.717, 1.165) is 12.8 Å². The Morgan fingerprint density at radius 1 is 1.42 bits per heavy atom. The molecule has 0 amide bonds. The van der Waals surface area contributed by atoms with Crippen LogP contribution in [0.3, 0.4) is 0 Å². The van der Waals surface area contributed by atoms with Crippen molar-refractivity contribution in [3.05, 3.63) is 17.6 Å². The van der Waals surface area contributed by atoms with E-state index in [1.807, 2.05) is 0 Å². The Kier molecular flexibility index (Phi) is 4.03. The highest BCUT2D eigenvalue weighted by Crippen LogP contribution is 2.32. The van der Waals surface area contributed by atoms with Gasteiger partial charge in [0.2, 0.25) is 10.0 Å². The van der Waals surface area contributed by atoms with Crippen molar-refractivity contribution >= 4 is 10.0 Å². The van der Waals surface area contributed by atoms with Crippen molar-refractivity contribution in [3.8, 4) is 0 Å². The maximum atomic E-state index is 12.4. The van der Waals surface area contributed by atoms with Crippen LogP contribution in [0.15, 0.2) is 15.4 Å². The summed E-state index contributed by atoms with van der Waals surface area (Å²) in [5.41, 5.74) is 5.47. The lowest BCUT2D eigenvalue weighted by molar-refractivity contribution is 0.401. The lowest BCUT2D eigenvalue weighted by Crippen LogP contribution is -2.37. The van der Waals surface area contributed by atoms with Crippen LogP contribution in [0.25, 0.3) is 0 Å². The Morgan fingerprint density at radius 3 is 2.58 bits per heavy atom. The maximum Gasteiger partial charge on any atom is 0.244 e. The summed E-state index contributed by atoms with van der Waals surface area (Å²) in [6.45, 7) is 6.11. The van der Waals surface area contributed by atoms with Gasteiger partial charge in [-0.1, -0.05) is 13.8 Å². The fraction of sp³-hybridized carbons (Fsp3) is 0.692. The molecule has 108 valence electrons. The molecular formula is C13H22N2O3S. The molecule has 3 unspecified atom stereocenters. The third-order valence-corrected chi connectivity index (χ3v) is 5.78. The van der Waals surface area contributed by atoms with Crippen LogP contribution in [0.5, 0.6) is 0 Å². The quantitative estimate of drug-likeness (QED) is 0.883. The van der Waals surface area contributed by atoms with Crippen molar-refractivity contribution in [1.82, 2.24) is 4.72 Å². The minimum atomic E-state index is -3.52. The zero-order chi connectivity index (χ0) is 14.2. The SMILES string of the molecule is Cc1oc(CN)cc1S(=O)(=O)NC1CCC(C)C1C. The van der Waals surface area contributed by atoms with Gasteiger partial charge in [-0.25, -0.2) is 13.1 Å². The van der Waals surface area contributed by atoms with Gasteiger partial charge in [0.05, 0.1) is 6.54 Å². The first kappa shape index (κ1) is 14.6. The van der Waals surface area contributed by atoms with Crippen molar-refractivity contribution in [1.29, 1.82) is 0 Å². The van der Waals surface area contributed by atoms with E-state index in [2.05, 4.69) is 18.6 Å². The number of hydrogen-bond acceptors (Lipinski definition) is 4. The Hall–Kier alpha value is -0.850. The number of nitrogens with one attached hydrogen (secondary N) is 1. The van der Waals surface area contributed by atoms with Crippen molar-refractivity contribution in [2.45, 2.75) is 51.1 Å². The van der Waals surface area contributed by atoms with E-state index in [1.54, 1.807) is 6.92 Å². The zero-order valence-electron chi connectivity index (χ0n) is 11.6. The van der Waals surface area contributed by atoms with Crippen molar-refractivity contribution in [2.75, 3.05) is 0 Å². The lowest BCUT2D eigenvalue weighted by Gasteiger charge is -2.19. The summed E-state index contributed by atoms with van der Waals surface area (Å²) in [4.78, 5) is 0.208. The average Bonchev–Trinajstić information content (AvgIpc) is 2.87. The smallest absolute Gasteiger partial charge is 0.244 e. The van der Waals surface area contributed by atoms with Gasteiger partial charge in [0, 0.05) is 12.1 Å². The zero-order valence-corrected chi connectivity index (χ0v) is 12.5. The van der Waals surface area contributed by atoms with E-state index in [9.17, 15) is 8.42 Å². The molecule has 1 aromatic heterocycles. The molecule has 1 fully saturated rings. The summed E-state index contributed by atoms with van der Waals surface area (Å²) in [5.74, 6) is 1.80.